The molecule has 0 atom stereocenters. The molecule has 0 unspecified atom stereocenters. The molecule has 4 nitrogen and oxygen atoms in total. The van der Waals surface area contributed by atoms with Gasteiger partial charge in [0.25, 0.3) is 0 Å². The van der Waals surface area contributed by atoms with Crippen LogP contribution in [0.1, 0.15) is 18.1 Å². The molecule has 0 bridgehead atoms. The van der Waals surface area contributed by atoms with Crippen molar-refractivity contribution in [3.05, 3.63) is 46.1 Å². The van der Waals surface area contributed by atoms with Crippen molar-refractivity contribution in [2.24, 2.45) is 5.73 Å². The summed E-state index contributed by atoms with van der Waals surface area (Å²) in [6, 6.07) is 7.63. The Morgan fingerprint density at radius 1 is 1.25 bits per heavy atom. The van der Waals surface area contributed by atoms with Crippen LogP contribution in [0.4, 0.5) is 0 Å². The van der Waals surface area contributed by atoms with Gasteiger partial charge in [0, 0.05) is 22.8 Å². The smallest absolute Gasteiger partial charge is 0.222 e. The molecule has 1 aromatic carbocycles. The van der Waals surface area contributed by atoms with Crippen LogP contribution >= 0.6 is 15.9 Å². The summed E-state index contributed by atoms with van der Waals surface area (Å²) in [7, 11) is 0. The Bertz CT molecular complexity index is 602. The number of aromatic nitrogens is 1. The van der Waals surface area contributed by atoms with Crippen molar-refractivity contribution in [3.63, 3.8) is 0 Å². The molecule has 2 N–H and O–H groups in total. The highest BCUT2D eigenvalue weighted by atomic mass is 79.9. The summed E-state index contributed by atoms with van der Waals surface area (Å²) in [5, 5.41) is 0. The molecule has 2 rings (SSSR count). The Labute approximate surface area is 127 Å². The summed E-state index contributed by atoms with van der Waals surface area (Å²) in [4.78, 5) is 4.27. The summed E-state index contributed by atoms with van der Waals surface area (Å²) in [5.74, 6) is 1.89. The third kappa shape index (κ3) is 3.49. The third-order valence-electron chi connectivity index (χ3n) is 2.75. The molecule has 0 fully saturated rings. The second-order valence-electron chi connectivity index (χ2n) is 4.30. The zero-order valence-corrected chi connectivity index (χ0v) is 13.1. The van der Waals surface area contributed by atoms with Crippen molar-refractivity contribution in [1.29, 1.82) is 0 Å². The summed E-state index contributed by atoms with van der Waals surface area (Å²) in [5.41, 5.74) is 7.59. The predicted molar refractivity (Wildman–Crippen MR) is 82.3 cm³/mol. The minimum atomic E-state index is 0.468. The molecule has 0 aliphatic heterocycles. The van der Waals surface area contributed by atoms with Gasteiger partial charge in [0.15, 0.2) is 11.5 Å². The summed E-state index contributed by atoms with van der Waals surface area (Å²) < 4.78 is 12.4. The largest absolute Gasteiger partial charge is 0.490 e. The lowest BCUT2D eigenvalue weighted by molar-refractivity contribution is 0.318. The number of halogens is 1. The van der Waals surface area contributed by atoms with Gasteiger partial charge in [0.05, 0.1) is 6.61 Å². The molecule has 0 aliphatic rings. The third-order valence-corrected chi connectivity index (χ3v) is 3.18. The van der Waals surface area contributed by atoms with Crippen LogP contribution in [0.2, 0.25) is 0 Å². The quantitative estimate of drug-likeness (QED) is 0.902. The van der Waals surface area contributed by atoms with E-state index in [-0.39, 0.29) is 0 Å². The molecule has 20 heavy (non-hydrogen) atoms. The van der Waals surface area contributed by atoms with Crippen LogP contribution in [0, 0.1) is 6.92 Å². The fourth-order valence-electron chi connectivity index (χ4n) is 1.77. The first-order valence-corrected chi connectivity index (χ1v) is 7.19. The van der Waals surface area contributed by atoms with E-state index in [0.717, 1.165) is 15.6 Å². The number of pyridine rings is 1. The van der Waals surface area contributed by atoms with Crippen molar-refractivity contribution in [3.8, 4) is 17.4 Å². The zero-order chi connectivity index (χ0) is 14.5. The van der Waals surface area contributed by atoms with Gasteiger partial charge in [-0.25, -0.2) is 4.98 Å². The zero-order valence-electron chi connectivity index (χ0n) is 11.5. The van der Waals surface area contributed by atoms with Gasteiger partial charge in [-0.3, -0.25) is 0 Å². The SMILES string of the molecule is CCOc1cc(CN)ccc1Oc1ncc(Br)cc1C. The van der Waals surface area contributed by atoms with Crippen LogP contribution in [-0.2, 0) is 6.54 Å². The number of hydrogen-bond acceptors (Lipinski definition) is 4. The Morgan fingerprint density at radius 2 is 2.05 bits per heavy atom. The number of nitrogens with two attached hydrogens (primary N) is 1. The molecule has 106 valence electrons. The molecular weight excluding hydrogens is 320 g/mol. The molecule has 0 radical (unpaired) electrons. The first kappa shape index (κ1) is 14.8. The molecule has 0 spiro atoms. The average Bonchev–Trinajstić information content (AvgIpc) is 2.43. The van der Waals surface area contributed by atoms with E-state index in [4.69, 9.17) is 15.2 Å². The predicted octanol–water partition coefficient (Wildman–Crippen LogP) is 3.80. The fraction of sp³-hybridized carbons (Fsp3) is 0.267. The molecule has 2 aromatic rings. The lowest BCUT2D eigenvalue weighted by Gasteiger charge is -2.13. The van der Waals surface area contributed by atoms with Gasteiger partial charge in [-0.1, -0.05) is 6.07 Å². The number of hydrogen-bond donors (Lipinski definition) is 1. The lowest BCUT2D eigenvalue weighted by atomic mass is 10.2. The molecule has 0 saturated carbocycles. The van der Waals surface area contributed by atoms with Gasteiger partial charge in [-0.05, 0) is 53.5 Å². The topological polar surface area (TPSA) is 57.4 Å². The van der Waals surface area contributed by atoms with Gasteiger partial charge in [-0.15, -0.1) is 0 Å². The molecule has 5 heteroatoms. The minimum absolute atomic E-state index is 0.468. The summed E-state index contributed by atoms with van der Waals surface area (Å²) in [6.45, 7) is 4.91. The van der Waals surface area contributed by atoms with E-state index >= 15 is 0 Å². The maximum Gasteiger partial charge on any atom is 0.222 e. The van der Waals surface area contributed by atoms with Gasteiger partial charge >= 0.3 is 0 Å². The van der Waals surface area contributed by atoms with Crippen LogP contribution in [0.25, 0.3) is 0 Å². The number of rotatable bonds is 5. The molecule has 0 aliphatic carbocycles. The number of benzene rings is 1. The highest BCUT2D eigenvalue weighted by Gasteiger charge is 2.10. The van der Waals surface area contributed by atoms with E-state index in [1.807, 2.05) is 38.1 Å². The standard InChI is InChI=1S/C15H17BrN2O2/c1-3-19-14-7-11(8-17)4-5-13(14)20-15-10(2)6-12(16)9-18-15/h4-7,9H,3,8,17H2,1-2H3. The molecule has 1 aromatic heterocycles. The fourth-order valence-corrected chi connectivity index (χ4v) is 2.22. The Kier molecular flexibility index (Phi) is 4.98. The maximum atomic E-state index is 5.85. The van der Waals surface area contributed by atoms with Crippen molar-refractivity contribution in [1.82, 2.24) is 4.98 Å². The highest BCUT2D eigenvalue weighted by molar-refractivity contribution is 9.10. The Hall–Kier alpha value is -1.59. The van der Waals surface area contributed by atoms with E-state index in [1.54, 1.807) is 6.20 Å². The molecule has 0 amide bonds. The molecule has 1 heterocycles. The first-order chi connectivity index (χ1) is 9.63. The van der Waals surface area contributed by atoms with Crippen molar-refractivity contribution in [2.75, 3.05) is 6.61 Å². The van der Waals surface area contributed by atoms with E-state index in [0.29, 0.717) is 30.5 Å². The van der Waals surface area contributed by atoms with Crippen LogP contribution in [0.15, 0.2) is 34.9 Å². The number of ether oxygens (including phenoxy) is 2. The van der Waals surface area contributed by atoms with E-state index < -0.39 is 0 Å². The van der Waals surface area contributed by atoms with Crippen molar-refractivity contribution in [2.45, 2.75) is 20.4 Å². The van der Waals surface area contributed by atoms with Crippen LogP contribution in [0.5, 0.6) is 17.4 Å². The van der Waals surface area contributed by atoms with Crippen molar-refractivity contribution >= 4 is 15.9 Å². The first-order valence-electron chi connectivity index (χ1n) is 6.39. The normalized spacial score (nSPS) is 10.4. The summed E-state index contributed by atoms with van der Waals surface area (Å²) in [6.07, 6.45) is 1.71. The average molecular weight is 337 g/mol. The second-order valence-corrected chi connectivity index (χ2v) is 5.21. The number of aryl methyl sites for hydroxylation is 1. The van der Waals surface area contributed by atoms with Gasteiger partial charge in [-0.2, -0.15) is 0 Å². The Balaban J connectivity index is 2.32. The van der Waals surface area contributed by atoms with E-state index in [2.05, 4.69) is 20.9 Å². The van der Waals surface area contributed by atoms with E-state index in [9.17, 15) is 0 Å². The van der Waals surface area contributed by atoms with E-state index in [1.165, 1.54) is 0 Å². The minimum Gasteiger partial charge on any atom is -0.490 e. The highest BCUT2D eigenvalue weighted by Crippen LogP contribution is 2.33. The molecule has 0 saturated heterocycles. The molecular formula is C15H17BrN2O2. The van der Waals surface area contributed by atoms with Gasteiger partial charge in [0.1, 0.15) is 0 Å². The van der Waals surface area contributed by atoms with Crippen LogP contribution < -0.4 is 15.2 Å². The van der Waals surface area contributed by atoms with Crippen molar-refractivity contribution < 1.29 is 9.47 Å². The van der Waals surface area contributed by atoms with Gasteiger partial charge in [0.2, 0.25) is 5.88 Å². The maximum absolute atomic E-state index is 5.85. The monoisotopic (exact) mass is 336 g/mol. The second kappa shape index (κ2) is 6.72. The van der Waals surface area contributed by atoms with Crippen LogP contribution in [-0.4, -0.2) is 11.6 Å². The number of nitrogens with zero attached hydrogens (tertiary/aromatic N) is 1. The Morgan fingerprint density at radius 3 is 2.70 bits per heavy atom. The van der Waals surface area contributed by atoms with Gasteiger partial charge < -0.3 is 15.2 Å². The van der Waals surface area contributed by atoms with Crippen LogP contribution in [0.3, 0.4) is 0 Å². The lowest BCUT2D eigenvalue weighted by Crippen LogP contribution is -2.00. The summed E-state index contributed by atoms with van der Waals surface area (Å²) >= 11 is 3.38.